The minimum Gasteiger partial charge on any atom is -0.322 e. The van der Waals surface area contributed by atoms with Crippen molar-refractivity contribution in [3.05, 3.63) is 54.9 Å². The Labute approximate surface area is 177 Å². The van der Waals surface area contributed by atoms with Crippen LogP contribution < -0.4 is 5.84 Å². The molecule has 4 rings (SSSR count). The third-order valence-corrected chi connectivity index (χ3v) is 3.44. The highest BCUT2D eigenvalue weighted by Gasteiger charge is 1.98. The molecule has 14 nitrogen and oxygen atoms in total. The van der Waals surface area contributed by atoms with E-state index in [9.17, 15) is 8.42 Å². The first-order valence-electron chi connectivity index (χ1n) is 8.40. The summed E-state index contributed by atoms with van der Waals surface area (Å²) in [6.45, 7) is 1.44. The number of hydrogen-bond donors (Lipinski definition) is 4. The van der Waals surface area contributed by atoms with Gasteiger partial charge in [0.25, 0.3) is 0 Å². The van der Waals surface area contributed by atoms with Crippen molar-refractivity contribution in [3.63, 3.8) is 0 Å². The Hall–Kier alpha value is -3.95. The first-order valence-corrected chi connectivity index (χ1v) is 9.76. The zero-order valence-corrected chi connectivity index (χ0v) is 17.1. The van der Waals surface area contributed by atoms with Crippen LogP contribution in [-0.2, 0) is 14.6 Å². The third-order valence-electron chi connectivity index (χ3n) is 2.91. The van der Waals surface area contributed by atoms with Crippen LogP contribution in [0.2, 0.25) is 0 Å². The van der Waals surface area contributed by atoms with E-state index < -0.39 is 10.4 Å². The summed E-state index contributed by atoms with van der Waals surface area (Å²) in [4.78, 5) is 9.03. The number of hydrazone groups is 1. The molecule has 4 aromatic rings. The van der Waals surface area contributed by atoms with E-state index in [-0.39, 0.29) is 6.61 Å². The number of nitrogens with one attached hydrogen (secondary N) is 2. The number of hydrogen-bond acceptors (Lipinski definition) is 11. The lowest BCUT2D eigenvalue weighted by Crippen LogP contribution is -2.01. The average Bonchev–Trinajstić information content (AvgIpc) is 3.33. The van der Waals surface area contributed by atoms with Gasteiger partial charge in [-0.2, -0.15) is 13.5 Å². The van der Waals surface area contributed by atoms with Gasteiger partial charge < -0.3 is 5.84 Å². The van der Waals surface area contributed by atoms with Crippen molar-refractivity contribution in [2.75, 3.05) is 6.61 Å². The summed E-state index contributed by atoms with van der Waals surface area (Å²) in [5, 5.41) is 17.7. The van der Waals surface area contributed by atoms with Gasteiger partial charge in [0.05, 0.1) is 28.7 Å². The molecule has 0 aliphatic carbocycles. The van der Waals surface area contributed by atoms with E-state index in [1.54, 1.807) is 0 Å². The molecule has 0 radical (unpaired) electrons. The molecule has 0 aliphatic heterocycles. The SMILES string of the molecule is CCOS(=O)(=O)O.N=NC=NN.c1ccc2nc3ccccc3nc2c1.c1nnn[nH]1. The van der Waals surface area contributed by atoms with Gasteiger partial charge in [0.15, 0.2) is 6.34 Å². The van der Waals surface area contributed by atoms with Crippen molar-refractivity contribution in [3.8, 4) is 0 Å². The Kier molecular flexibility index (Phi) is 11.4. The number of aromatic amines is 1. The minimum absolute atomic E-state index is 0.0289. The lowest BCUT2D eigenvalue weighted by Gasteiger charge is -1.98. The van der Waals surface area contributed by atoms with Crippen LogP contribution in [0, 0.1) is 5.53 Å². The van der Waals surface area contributed by atoms with E-state index in [2.05, 4.69) is 50.8 Å². The van der Waals surface area contributed by atoms with Crippen molar-refractivity contribution < 1.29 is 17.2 Å². The third kappa shape index (κ3) is 11.0. The zero-order chi connectivity index (χ0) is 23.0. The Morgan fingerprint density at radius 2 is 1.58 bits per heavy atom. The Morgan fingerprint density at radius 1 is 1.10 bits per heavy atom. The normalized spacial score (nSPS) is 10.3. The molecule has 0 atom stereocenters. The average molecular weight is 448 g/mol. The standard InChI is InChI=1S/C12H8N2.C2H6O4S.CH2N4.CH4N4/c1-2-6-10-9(5-1)13-11-7-3-4-8-12(11)14-10;1-2-6-7(3,4)5;1-2-4-5-3-1;2-4-1-5-3/h1-8H;2H2,1H3,(H,3,4,5);1H,(H,2,3,4,5);1-2H,3H2. The van der Waals surface area contributed by atoms with Crippen LogP contribution in [0.3, 0.4) is 0 Å². The van der Waals surface area contributed by atoms with Crippen LogP contribution >= 0.6 is 0 Å². The Morgan fingerprint density at radius 3 is 1.74 bits per heavy atom. The largest absolute Gasteiger partial charge is 0.397 e. The summed E-state index contributed by atoms with van der Waals surface area (Å²) in [5.74, 6) is 4.49. The summed E-state index contributed by atoms with van der Waals surface area (Å²) in [6, 6.07) is 15.8. The molecule has 0 fully saturated rings. The first kappa shape index (κ1) is 25.1. The summed E-state index contributed by atoms with van der Waals surface area (Å²) < 4.78 is 30.7. The molecule has 31 heavy (non-hydrogen) atoms. The smallest absolute Gasteiger partial charge is 0.322 e. The number of H-pyrrole nitrogens is 1. The van der Waals surface area contributed by atoms with Crippen LogP contribution in [0.1, 0.15) is 6.92 Å². The number of tetrazole rings is 1. The molecule has 0 amide bonds. The number of nitrogens with two attached hydrogens (primary N) is 1. The van der Waals surface area contributed by atoms with Gasteiger partial charge in [0.2, 0.25) is 0 Å². The predicted octanol–water partition coefficient (Wildman–Crippen LogP) is 1.73. The fourth-order valence-corrected chi connectivity index (χ4v) is 2.18. The molecule has 2 aromatic heterocycles. The molecule has 15 heteroatoms. The maximum absolute atomic E-state index is 9.56. The number of para-hydroxylation sites is 4. The van der Waals surface area contributed by atoms with E-state index >= 15 is 0 Å². The van der Waals surface area contributed by atoms with E-state index in [0.29, 0.717) is 0 Å². The minimum atomic E-state index is -4.17. The summed E-state index contributed by atoms with van der Waals surface area (Å²) in [5.41, 5.74) is 9.80. The summed E-state index contributed by atoms with van der Waals surface area (Å²) >= 11 is 0. The Bertz CT molecular complexity index is 1050. The molecule has 2 aromatic carbocycles. The molecule has 0 saturated heterocycles. The number of nitrogens with zero attached hydrogens (tertiary/aromatic N) is 7. The molecular weight excluding hydrogens is 428 g/mol. The van der Waals surface area contributed by atoms with Crippen molar-refractivity contribution in [1.29, 1.82) is 5.53 Å². The van der Waals surface area contributed by atoms with E-state index in [0.717, 1.165) is 28.4 Å². The lowest BCUT2D eigenvalue weighted by atomic mass is 10.2. The molecule has 0 unspecified atom stereocenters. The topological polar surface area (TPSA) is 218 Å². The highest BCUT2D eigenvalue weighted by atomic mass is 32.3. The predicted molar refractivity (Wildman–Crippen MR) is 112 cm³/mol. The Balaban J connectivity index is 0.000000238. The maximum Gasteiger partial charge on any atom is 0.397 e. The van der Waals surface area contributed by atoms with Gasteiger partial charge in [-0.1, -0.05) is 24.3 Å². The molecule has 164 valence electrons. The van der Waals surface area contributed by atoms with E-state index in [1.807, 2.05) is 48.5 Å². The van der Waals surface area contributed by atoms with E-state index in [1.165, 1.54) is 13.3 Å². The summed E-state index contributed by atoms with van der Waals surface area (Å²) in [6.07, 6.45) is 2.35. The van der Waals surface area contributed by atoms with Crippen molar-refractivity contribution in [2.24, 2.45) is 16.1 Å². The lowest BCUT2D eigenvalue weighted by molar-refractivity contribution is 0.283. The number of aromatic nitrogens is 6. The van der Waals surface area contributed by atoms with Gasteiger partial charge in [0, 0.05) is 0 Å². The van der Waals surface area contributed by atoms with Crippen molar-refractivity contribution in [1.82, 2.24) is 30.6 Å². The fraction of sp³-hybridized carbons (Fsp3) is 0.125. The first-order chi connectivity index (χ1) is 14.9. The summed E-state index contributed by atoms with van der Waals surface area (Å²) in [7, 11) is -4.17. The number of rotatable bonds is 3. The van der Waals surface area contributed by atoms with Crippen LogP contribution in [-0.4, -0.2) is 56.5 Å². The highest BCUT2D eigenvalue weighted by molar-refractivity contribution is 7.80. The maximum atomic E-state index is 9.56. The molecule has 0 spiro atoms. The second kappa shape index (κ2) is 14.1. The number of fused-ring (bicyclic) bond motifs is 2. The molecule has 2 heterocycles. The highest BCUT2D eigenvalue weighted by Crippen LogP contribution is 2.14. The van der Waals surface area contributed by atoms with Gasteiger partial charge in [-0.25, -0.2) is 24.8 Å². The second-order valence-corrected chi connectivity index (χ2v) is 6.08. The fourth-order valence-electron chi connectivity index (χ4n) is 1.88. The zero-order valence-electron chi connectivity index (χ0n) is 16.3. The molecule has 0 bridgehead atoms. The van der Waals surface area contributed by atoms with Crippen LogP contribution in [0.5, 0.6) is 0 Å². The number of benzene rings is 2. The van der Waals surface area contributed by atoms with Gasteiger partial charge >= 0.3 is 10.4 Å². The molecular formula is C16H20N10O4S. The van der Waals surface area contributed by atoms with Gasteiger partial charge in [-0.15, -0.1) is 10.2 Å². The van der Waals surface area contributed by atoms with Crippen LogP contribution in [0.15, 0.2) is 65.1 Å². The van der Waals surface area contributed by atoms with Crippen molar-refractivity contribution in [2.45, 2.75) is 6.92 Å². The van der Waals surface area contributed by atoms with E-state index in [4.69, 9.17) is 10.1 Å². The van der Waals surface area contributed by atoms with Gasteiger partial charge in [0.1, 0.15) is 6.33 Å². The monoisotopic (exact) mass is 448 g/mol. The molecule has 5 N–H and O–H groups in total. The quantitative estimate of drug-likeness (QED) is 0.0676. The van der Waals surface area contributed by atoms with Crippen molar-refractivity contribution >= 4 is 38.8 Å². The van der Waals surface area contributed by atoms with Gasteiger partial charge in [-0.3, -0.25) is 4.55 Å². The molecule has 0 aliphatic rings. The second-order valence-electron chi connectivity index (χ2n) is 4.99. The molecule has 0 saturated carbocycles. The van der Waals surface area contributed by atoms with Crippen LogP contribution in [0.4, 0.5) is 0 Å². The van der Waals surface area contributed by atoms with Gasteiger partial charge in [-0.05, 0) is 41.6 Å². The van der Waals surface area contributed by atoms with Crippen LogP contribution in [0.25, 0.3) is 22.1 Å².